The summed E-state index contributed by atoms with van der Waals surface area (Å²) >= 11 is 15.0. The van der Waals surface area contributed by atoms with Crippen LogP contribution >= 0.6 is 46.3 Å². The number of hydrogen-bond donors (Lipinski definition) is 1. The number of carbonyl (C=O) groups is 2. The lowest BCUT2D eigenvalue weighted by atomic mass is 9.96. The highest BCUT2D eigenvalue weighted by Gasteiger charge is 2.49. The number of nitrogens with zero attached hydrogens (tertiary/aromatic N) is 5. The molecule has 6 aromatic rings. The molecule has 0 bridgehead atoms. The topological polar surface area (TPSA) is 119 Å². The highest BCUT2D eigenvalue weighted by molar-refractivity contribution is 8.00. The van der Waals surface area contributed by atoms with Crippen molar-refractivity contribution in [2.45, 2.75) is 36.6 Å². The predicted molar refractivity (Wildman–Crippen MR) is 199 cm³/mol. The molecule has 1 aliphatic heterocycles. The number of Topliss-reactive ketones (excluding diaryl/α,β-unsaturated/α-hetero) is 1. The summed E-state index contributed by atoms with van der Waals surface area (Å²) < 4.78 is 14.2. The first-order valence-corrected chi connectivity index (χ1v) is 18.2. The maximum atomic E-state index is 14.0. The average Bonchev–Trinajstić information content (AvgIpc) is 3.81. The summed E-state index contributed by atoms with van der Waals surface area (Å²) in [4.78, 5) is 33.9. The Balaban J connectivity index is 1.30. The number of aromatic nitrogens is 4. The number of halogens is 2. The second-order valence-corrected chi connectivity index (χ2v) is 14.7. The van der Waals surface area contributed by atoms with Crippen LogP contribution < -0.4 is 14.4 Å². The number of hydrogen-bond acceptors (Lipinski definition) is 10. The van der Waals surface area contributed by atoms with Gasteiger partial charge in [-0.3, -0.25) is 14.5 Å². The highest BCUT2D eigenvalue weighted by atomic mass is 35.5. The largest absolute Gasteiger partial charge is 0.505 e. The van der Waals surface area contributed by atoms with Gasteiger partial charge < -0.3 is 19.0 Å². The number of amides is 1. The molecule has 7 rings (SSSR count). The van der Waals surface area contributed by atoms with Gasteiger partial charge in [0.25, 0.3) is 5.78 Å². The van der Waals surface area contributed by atoms with Crippen molar-refractivity contribution in [2.24, 2.45) is 0 Å². The van der Waals surface area contributed by atoms with E-state index in [9.17, 15) is 14.7 Å². The number of aliphatic hydroxyl groups excluding tert-OH is 1. The van der Waals surface area contributed by atoms with Crippen molar-refractivity contribution >= 4 is 74.5 Å². The Hall–Kier alpha value is -4.88. The molecule has 1 aliphatic rings. The summed E-state index contributed by atoms with van der Waals surface area (Å²) in [6.45, 7) is 4.00. The normalized spacial score (nSPS) is 15.5. The van der Waals surface area contributed by atoms with Gasteiger partial charge in [-0.15, -0.1) is 10.2 Å². The maximum absolute atomic E-state index is 14.0. The molecule has 14 heteroatoms. The number of aryl methyl sites for hydroxylation is 2. The molecule has 1 amide bonds. The van der Waals surface area contributed by atoms with Crippen LogP contribution in [0.5, 0.6) is 11.5 Å². The molecular weight excluding hydrogens is 729 g/mol. The summed E-state index contributed by atoms with van der Waals surface area (Å²) in [7, 11) is 1.51. The standard InChI is InChI=1S/C37H29Cl2N5O5S2/c1-20-8-7-15-43-21(2)30(40-34(20)43)32(45)29-31(23-12-14-27(28(16-23)48-3)49-18-22-9-5-4-6-10-22)44(35(47)33(29)46)36-41-42-37(51-36)50-19-24-11-13-25(38)17-26(24)39/h4-17,31,45H,18-19H2,1-3H3/b32-29+. The lowest BCUT2D eigenvalue weighted by Gasteiger charge is -2.23. The van der Waals surface area contributed by atoms with E-state index in [-0.39, 0.29) is 16.4 Å². The fourth-order valence-electron chi connectivity index (χ4n) is 5.86. The molecule has 1 fully saturated rings. The van der Waals surface area contributed by atoms with E-state index < -0.39 is 23.5 Å². The van der Waals surface area contributed by atoms with Gasteiger partial charge in [0.05, 0.1) is 24.4 Å². The molecule has 10 nitrogen and oxygen atoms in total. The Morgan fingerprint density at radius 3 is 2.53 bits per heavy atom. The van der Waals surface area contributed by atoms with E-state index in [1.807, 2.05) is 66.1 Å². The van der Waals surface area contributed by atoms with E-state index in [1.165, 1.54) is 23.8 Å². The monoisotopic (exact) mass is 757 g/mol. The van der Waals surface area contributed by atoms with Crippen LogP contribution in [0, 0.1) is 13.8 Å². The van der Waals surface area contributed by atoms with E-state index in [0.29, 0.717) is 55.1 Å². The molecule has 3 aromatic carbocycles. The zero-order valence-electron chi connectivity index (χ0n) is 27.5. The predicted octanol–water partition coefficient (Wildman–Crippen LogP) is 8.62. The van der Waals surface area contributed by atoms with Crippen molar-refractivity contribution < 1.29 is 24.2 Å². The van der Waals surface area contributed by atoms with Crippen LogP contribution in [0.25, 0.3) is 11.4 Å². The van der Waals surface area contributed by atoms with Gasteiger partial charge in [0.1, 0.15) is 17.9 Å². The van der Waals surface area contributed by atoms with Gasteiger partial charge in [-0.05, 0) is 66.4 Å². The van der Waals surface area contributed by atoms with Crippen molar-refractivity contribution in [3.63, 3.8) is 0 Å². The van der Waals surface area contributed by atoms with Crippen molar-refractivity contribution in [1.29, 1.82) is 0 Å². The lowest BCUT2D eigenvalue weighted by molar-refractivity contribution is -0.132. The number of pyridine rings is 1. The summed E-state index contributed by atoms with van der Waals surface area (Å²) in [5.74, 6) is -0.837. The molecule has 1 N–H and O–H groups in total. The minimum Gasteiger partial charge on any atom is -0.505 e. The zero-order chi connectivity index (χ0) is 35.8. The molecule has 1 atom stereocenters. The van der Waals surface area contributed by atoms with Crippen LogP contribution in [-0.2, 0) is 21.9 Å². The number of ether oxygens (including phenoxy) is 2. The molecule has 3 aromatic heterocycles. The fourth-order valence-corrected chi connectivity index (χ4v) is 8.29. The molecule has 1 saturated heterocycles. The van der Waals surface area contributed by atoms with E-state index in [2.05, 4.69) is 10.2 Å². The van der Waals surface area contributed by atoms with Crippen LogP contribution in [0.4, 0.5) is 5.13 Å². The smallest absolute Gasteiger partial charge is 0.301 e. The first kappa shape index (κ1) is 34.6. The average molecular weight is 759 g/mol. The van der Waals surface area contributed by atoms with Gasteiger partial charge in [-0.25, -0.2) is 4.98 Å². The van der Waals surface area contributed by atoms with Gasteiger partial charge in [0.15, 0.2) is 21.6 Å². The molecule has 0 saturated carbocycles. The van der Waals surface area contributed by atoms with Crippen LogP contribution in [0.1, 0.15) is 39.7 Å². The minimum atomic E-state index is -1.09. The molecule has 0 radical (unpaired) electrons. The van der Waals surface area contributed by atoms with Gasteiger partial charge in [0.2, 0.25) is 5.13 Å². The minimum absolute atomic E-state index is 0.137. The van der Waals surface area contributed by atoms with Crippen LogP contribution in [0.15, 0.2) is 95.0 Å². The Bertz CT molecular complexity index is 2340. The lowest BCUT2D eigenvalue weighted by Crippen LogP contribution is -2.29. The number of aliphatic hydroxyl groups is 1. The molecule has 258 valence electrons. The summed E-state index contributed by atoms with van der Waals surface area (Å²) in [5.41, 5.74) is 4.46. The van der Waals surface area contributed by atoms with Gasteiger partial charge in [0, 0.05) is 22.0 Å². The molecule has 51 heavy (non-hydrogen) atoms. The number of ketones is 1. The van der Waals surface area contributed by atoms with Crippen molar-refractivity contribution in [3.05, 3.63) is 134 Å². The SMILES string of the molecule is COc1cc(C2/C(=C(\O)c3nc4c(C)cccn4c3C)C(=O)C(=O)N2c2nnc(SCc3ccc(Cl)cc3Cl)s2)ccc1OCc1ccccc1. The molecule has 0 spiro atoms. The van der Waals surface area contributed by atoms with Gasteiger partial charge >= 0.3 is 5.91 Å². The Kier molecular flexibility index (Phi) is 9.75. The summed E-state index contributed by atoms with van der Waals surface area (Å²) in [6.07, 6.45) is 1.83. The number of fused-ring (bicyclic) bond motifs is 1. The van der Waals surface area contributed by atoms with Crippen molar-refractivity contribution in [1.82, 2.24) is 19.6 Å². The summed E-state index contributed by atoms with van der Waals surface area (Å²) in [6, 6.07) is 22.8. The van der Waals surface area contributed by atoms with Crippen LogP contribution in [0.3, 0.4) is 0 Å². The quantitative estimate of drug-likeness (QED) is 0.0482. The number of thioether (sulfide) groups is 1. The number of benzene rings is 3. The van der Waals surface area contributed by atoms with Crippen molar-refractivity contribution in [2.75, 3.05) is 12.0 Å². The maximum Gasteiger partial charge on any atom is 0.301 e. The fraction of sp³-hybridized carbons (Fsp3) is 0.162. The van der Waals surface area contributed by atoms with Crippen molar-refractivity contribution in [3.8, 4) is 11.5 Å². The third-order valence-electron chi connectivity index (χ3n) is 8.46. The third-order valence-corrected chi connectivity index (χ3v) is 11.2. The number of methoxy groups -OCH3 is 1. The highest BCUT2D eigenvalue weighted by Crippen LogP contribution is 2.46. The number of imidazole rings is 1. The van der Waals surface area contributed by atoms with E-state index in [1.54, 1.807) is 37.3 Å². The Labute approximate surface area is 311 Å². The number of rotatable bonds is 10. The second-order valence-electron chi connectivity index (χ2n) is 11.7. The van der Waals surface area contributed by atoms with Crippen LogP contribution in [-0.4, -0.2) is 43.5 Å². The Morgan fingerprint density at radius 1 is 0.980 bits per heavy atom. The number of carbonyl (C=O) groups excluding carboxylic acids is 2. The third kappa shape index (κ3) is 6.67. The molecule has 4 heterocycles. The molecule has 1 unspecified atom stereocenters. The van der Waals surface area contributed by atoms with Gasteiger partial charge in [-0.1, -0.05) is 94.8 Å². The van der Waals surface area contributed by atoms with E-state index in [0.717, 1.165) is 28.0 Å². The first-order chi connectivity index (χ1) is 24.6. The Morgan fingerprint density at radius 2 is 1.78 bits per heavy atom. The van der Waals surface area contributed by atoms with Gasteiger partial charge in [-0.2, -0.15) is 0 Å². The zero-order valence-corrected chi connectivity index (χ0v) is 30.6. The van der Waals surface area contributed by atoms with E-state index >= 15 is 0 Å². The van der Waals surface area contributed by atoms with Crippen LogP contribution in [0.2, 0.25) is 10.0 Å². The van der Waals surface area contributed by atoms with E-state index in [4.69, 9.17) is 37.7 Å². The summed E-state index contributed by atoms with van der Waals surface area (Å²) in [5, 5.41) is 21.8. The molecular formula is C37H29Cl2N5O5S2. The number of anilines is 1. The first-order valence-electron chi connectivity index (χ1n) is 15.6. The second kappa shape index (κ2) is 14.4. The molecule has 0 aliphatic carbocycles.